The number of rotatable bonds is 1. The fraction of sp³-hybridized carbons (Fsp3) is 0.0256. The van der Waals surface area contributed by atoms with Gasteiger partial charge in [-0.3, -0.25) is 9.59 Å². The highest BCUT2D eigenvalue weighted by molar-refractivity contribution is 7.15. The molecule has 0 bridgehead atoms. The van der Waals surface area contributed by atoms with Gasteiger partial charge in [-0.2, -0.15) is 0 Å². The van der Waals surface area contributed by atoms with E-state index in [1.54, 1.807) is 23.5 Å². The summed E-state index contributed by atoms with van der Waals surface area (Å²) in [5.41, 5.74) is 10.5. The van der Waals surface area contributed by atoms with Crippen LogP contribution in [0.1, 0.15) is 47.8 Å². The second-order valence-corrected chi connectivity index (χ2v) is 12.6. The summed E-state index contributed by atoms with van der Waals surface area (Å²) in [5.74, 6) is -0.398. The van der Waals surface area contributed by atoms with Gasteiger partial charge in [-0.05, 0) is 46.0 Å². The molecule has 0 saturated carbocycles. The Balaban J connectivity index is 1.35. The SMILES string of the molecule is O=C1C(=Cc2cc3c(s2)-n2c4ccccc4c4cccc(c42)C32c3ccccc3-c3ccccc32)C(=O)c2ccccc21. The Morgan fingerprint density at radius 3 is 1.81 bits per heavy atom. The number of fused-ring (bicyclic) bond motifs is 13. The van der Waals surface area contributed by atoms with Crippen LogP contribution in [0.3, 0.4) is 0 Å². The van der Waals surface area contributed by atoms with E-state index >= 15 is 0 Å². The number of para-hydroxylation sites is 2. The van der Waals surface area contributed by atoms with E-state index in [1.165, 1.54) is 49.7 Å². The highest BCUT2D eigenvalue weighted by atomic mass is 32.1. The number of hydrogen-bond donors (Lipinski definition) is 0. The van der Waals surface area contributed by atoms with Crippen LogP contribution < -0.4 is 0 Å². The van der Waals surface area contributed by atoms with Gasteiger partial charge in [0.1, 0.15) is 5.00 Å². The monoisotopic (exact) mass is 567 g/mol. The van der Waals surface area contributed by atoms with Crippen molar-refractivity contribution in [3.05, 3.63) is 165 Å². The van der Waals surface area contributed by atoms with Gasteiger partial charge in [-0.15, -0.1) is 11.3 Å². The summed E-state index contributed by atoms with van der Waals surface area (Å²) in [6.07, 6.45) is 1.82. The summed E-state index contributed by atoms with van der Waals surface area (Å²) in [5, 5.41) is 3.57. The molecule has 43 heavy (non-hydrogen) atoms. The van der Waals surface area contributed by atoms with E-state index in [2.05, 4.69) is 102 Å². The van der Waals surface area contributed by atoms with Crippen molar-refractivity contribution in [3.63, 3.8) is 0 Å². The lowest BCUT2D eigenvalue weighted by molar-refractivity contribution is 0.0990. The van der Waals surface area contributed by atoms with E-state index in [0.29, 0.717) is 11.1 Å². The normalized spacial score (nSPS) is 15.2. The average molecular weight is 568 g/mol. The first-order chi connectivity index (χ1) is 21.2. The van der Waals surface area contributed by atoms with E-state index in [9.17, 15) is 9.59 Å². The van der Waals surface area contributed by atoms with Crippen molar-refractivity contribution in [2.75, 3.05) is 0 Å². The number of carbonyl (C=O) groups excluding carboxylic acids is 2. The van der Waals surface area contributed by atoms with Crippen LogP contribution in [-0.4, -0.2) is 16.1 Å². The number of carbonyl (C=O) groups is 2. The van der Waals surface area contributed by atoms with E-state index in [0.717, 1.165) is 15.4 Å². The first kappa shape index (κ1) is 23.3. The van der Waals surface area contributed by atoms with Crippen LogP contribution in [0.2, 0.25) is 0 Å². The molecule has 200 valence electrons. The first-order valence-electron chi connectivity index (χ1n) is 14.4. The summed E-state index contributed by atoms with van der Waals surface area (Å²) >= 11 is 1.65. The first-order valence-corrected chi connectivity index (χ1v) is 15.3. The fourth-order valence-electron chi connectivity index (χ4n) is 7.94. The Labute approximate surface area is 251 Å². The minimum absolute atomic E-state index is 0.199. The second kappa shape index (κ2) is 7.94. The summed E-state index contributed by atoms with van der Waals surface area (Å²) in [6.45, 7) is 0. The number of aromatic nitrogens is 1. The molecule has 0 unspecified atom stereocenters. The molecule has 1 aliphatic heterocycles. The van der Waals surface area contributed by atoms with Gasteiger partial charge in [-0.25, -0.2) is 0 Å². The highest BCUT2D eigenvalue weighted by Gasteiger charge is 2.51. The minimum Gasteiger partial charge on any atom is -0.300 e. The van der Waals surface area contributed by atoms with Crippen molar-refractivity contribution >= 4 is 50.8 Å². The molecule has 3 heterocycles. The molecule has 2 aliphatic carbocycles. The zero-order valence-electron chi connectivity index (χ0n) is 22.8. The predicted molar refractivity (Wildman–Crippen MR) is 173 cm³/mol. The van der Waals surface area contributed by atoms with E-state index in [1.807, 2.05) is 18.2 Å². The van der Waals surface area contributed by atoms with Gasteiger partial charge >= 0.3 is 0 Å². The molecule has 10 rings (SSSR count). The Kier molecular flexibility index (Phi) is 4.30. The van der Waals surface area contributed by atoms with Gasteiger partial charge in [-0.1, -0.05) is 109 Å². The van der Waals surface area contributed by atoms with E-state index < -0.39 is 5.41 Å². The standard InChI is InChI=1S/C39H21NO2S/c41-36-27-13-1-2-14-28(27)37(42)29(36)20-22-21-33-38(43-22)40-34-19-8-5-12-25(34)26-15-9-18-32(35(26)40)39(33)30-16-6-3-10-23(30)24-11-4-7-17-31(24)39/h1-21H. The number of nitrogens with zero attached hydrogens (tertiary/aromatic N) is 1. The molecule has 0 amide bonds. The second-order valence-electron chi connectivity index (χ2n) is 11.5. The zero-order valence-corrected chi connectivity index (χ0v) is 23.6. The third kappa shape index (κ3) is 2.66. The molecule has 4 heteroatoms. The van der Waals surface area contributed by atoms with Crippen molar-refractivity contribution in [2.24, 2.45) is 0 Å². The maximum Gasteiger partial charge on any atom is 0.197 e. The molecule has 2 aromatic heterocycles. The molecule has 0 radical (unpaired) electrons. The number of hydrogen-bond acceptors (Lipinski definition) is 3. The van der Waals surface area contributed by atoms with E-state index in [4.69, 9.17) is 0 Å². The van der Waals surface area contributed by atoms with Crippen LogP contribution in [-0.2, 0) is 5.41 Å². The van der Waals surface area contributed by atoms with Crippen molar-refractivity contribution in [3.8, 4) is 16.1 Å². The van der Waals surface area contributed by atoms with Gasteiger partial charge < -0.3 is 4.57 Å². The van der Waals surface area contributed by atoms with Crippen molar-refractivity contribution < 1.29 is 9.59 Å². The Hall–Kier alpha value is -5.32. The van der Waals surface area contributed by atoms with Gasteiger partial charge in [0.15, 0.2) is 11.6 Å². The number of benzene rings is 5. The van der Waals surface area contributed by atoms with Crippen LogP contribution in [0, 0.1) is 0 Å². The van der Waals surface area contributed by atoms with Crippen LogP contribution >= 0.6 is 11.3 Å². The highest BCUT2D eigenvalue weighted by Crippen LogP contribution is 2.62. The van der Waals surface area contributed by atoms with Crippen LogP contribution in [0.4, 0.5) is 0 Å². The van der Waals surface area contributed by atoms with Crippen LogP contribution in [0.15, 0.2) is 127 Å². The van der Waals surface area contributed by atoms with E-state index in [-0.39, 0.29) is 17.1 Å². The molecule has 0 saturated heterocycles. The van der Waals surface area contributed by atoms with Crippen LogP contribution in [0.5, 0.6) is 0 Å². The topological polar surface area (TPSA) is 39.1 Å². The lowest BCUT2D eigenvalue weighted by Gasteiger charge is -2.37. The zero-order chi connectivity index (χ0) is 28.4. The largest absolute Gasteiger partial charge is 0.300 e. The molecule has 1 spiro atoms. The number of Topliss-reactive ketones (excluding diaryl/α,β-unsaturated/α-hetero) is 2. The fourth-order valence-corrected chi connectivity index (χ4v) is 9.12. The summed E-state index contributed by atoms with van der Waals surface area (Å²) < 4.78 is 2.41. The molecule has 5 aromatic carbocycles. The maximum atomic E-state index is 13.4. The minimum atomic E-state index is -0.535. The smallest absolute Gasteiger partial charge is 0.197 e. The lowest BCUT2D eigenvalue weighted by Crippen LogP contribution is -2.32. The molecule has 0 N–H and O–H groups in total. The molecular weight excluding hydrogens is 547 g/mol. The van der Waals surface area contributed by atoms with Gasteiger partial charge in [0.25, 0.3) is 0 Å². The van der Waals surface area contributed by atoms with Crippen molar-refractivity contribution in [2.45, 2.75) is 5.41 Å². The molecule has 3 nitrogen and oxygen atoms in total. The van der Waals surface area contributed by atoms with Crippen molar-refractivity contribution in [1.29, 1.82) is 0 Å². The number of thiophene rings is 1. The average Bonchev–Trinajstić information content (AvgIpc) is 3.77. The Morgan fingerprint density at radius 2 is 1.12 bits per heavy atom. The quantitative estimate of drug-likeness (QED) is 0.147. The molecule has 0 fully saturated rings. The summed E-state index contributed by atoms with van der Waals surface area (Å²) in [6, 6.07) is 42.2. The number of allylic oxidation sites excluding steroid dienone is 1. The van der Waals surface area contributed by atoms with Crippen LogP contribution in [0.25, 0.3) is 44.0 Å². The van der Waals surface area contributed by atoms with Gasteiger partial charge in [0, 0.05) is 32.3 Å². The Morgan fingerprint density at radius 1 is 0.558 bits per heavy atom. The molecule has 3 aliphatic rings. The van der Waals surface area contributed by atoms with Gasteiger partial charge in [0.05, 0.1) is 22.0 Å². The molecule has 7 aromatic rings. The number of ketones is 2. The summed E-state index contributed by atoms with van der Waals surface area (Å²) in [7, 11) is 0. The molecular formula is C39H21NO2S. The maximum absolute atomic E-state index is 13.4. The van der Waals surface area contributed by atoms with Crippen molar-refractivity contribution in [1.82, 2.24) is 4.57 Å². The summed E-state index contributed by atoms with van der Waals surface area (Å²) in [4.78, 5) is 27.7. The third-order valence-electron chi connectivity index (χ3n) is 9.58. The Bertz CT molecular complexity index is 2370. The third-order valence-corrected chi connectivity index (χ3v) is 10.6. The predicted octanol–water partition coefficient (Wildman–Crippen LogP) is 8.98. The van der Waals surface area contributed by atoms with Gasteiger partial charge in [0.2, 0.25) is 0 Å². The molecule has 0 atom stereocenters. The lowest BCUT2D eigenvalue weighted by atomic mass is 9.66.